The smallest absolute Gasteiger partial charge is 0.222 e. The van der Waals surface area contributed by atoms with Gasteiger partial charge in [-0.05, 0) is 44.7 Å². The molecule has 2 rings (SSSR count). The first-order valence-electron chi connectivity index (χ1n) is 7.91. The fourth-order valence-corrected chi connectivity index (χ4v) is 2.89. The average molecular weight is 290 g/mol. The molecule has 4 heteroatoms. The number of likely N-dealkylation sites (tertiary alicyclic amines) is 1. The van der Waals surface area contributed by atoms with Crippen LogP contribution in [0.2, 0.25) is 0 Å². The van der Waals surface area contributed by atoms with E-state index in [4.69, 9.17) is 10.5 Å². The van der Waals surface area contributed by atoms with Crippen LogP contribution in [0.1, 0.15) is 39.0 Å². The Bertz CT molecular complexity index is 434. The minimum Gasteiger partial charge on any atom is -0.494 e. The van der Waals surface area contributed by atoms with Crippen molar-refractivity contribution in [3.05, 3.63) is 30.3 Å². The van der Waals surface area contributed by atoms with E-state index in [-0.39, 0.29) is 18.0 Å². The van der Waals surface area contributed by atoms with Gasteiger partial charge in [0.05, 0.1) is 6.61 Å². The summed E-state index contributed by atoms with van der Waals surface area (Å²) < 4.78 is 5.62. The molecule has 2 unspecified atom stereocenters. The lowest BCUT2D eigenvalue weighted by atomic mass is 9.96. The van der Waals surface area contributed by atoms with E-state index >= 15 is 0 Å². The van der Waals surface area contributed by atoms with Crippen LogP contribution in [0.25, 0.3) is 0 Å². The second-order valence-electron chi connectivity index (χ2n) is 5.77. The van der Waals surface area contributed by atoms with Crippen LogP contribution in [0.4, 0.5) is 0 Å². The summed E-state index contributed by atoms with van der Waals surface area (Å²) in [5.41, 5.74) is 6.01. The van der Waals surface area contributed by atoms with Crippen molar-refractivity contribution in [3.8, 4) is 5.75 Å². The molecule has 0 saturated carbocycles. The third-order valence-corrected chi connectivity index (χ3v) is 4.02. The molecule has 2 N–H and O–H groups in total. The Hall–Kier alpha value is -1.55. The Morgan fingerprint density at radius 3 is 2.86 bits per heavy atom. The van der Waals surface area contributed by atoms with E-state index in [2.05, 4.69) is 0 Å². The lowest BCUT2D eigenvalue weighted by Crippen LogP contribution is -2.51. The fraction of sp³-hybridized carbons (Fsp3) is 0.588. The van der Waals surface area contributed by atoms with Crippen molar-refractivity contribution in [1.29, 1.82) is 0 Å². The first-order chi connectivity index (χ1) is 10.2. The van der Waals surface area contributed by atoms with Crippen LogP contribution in [0, 0.1) is 0 Å². The highest BCUT2D eigenvalue weighted by Crippen LogP contribution is 2.20. The zero-order valence-corrected chi connectivity index (χ0v) is 12.8. The van der Waals surface area contributed by atoms with E-state index in [1.807, 2.05) is 42.2 Å². The largest absolute Gasteiger partial charge is 0.494 e. The predicted molar refractivity (Wildman–Crippen MR) is 84.2 cm³/mol. The molecular weight excluding hydrogens is 264 g/mol. The van der Waals surface area contributed by atoms with Crippen LogP contribution < -0.4 is 10.5 Å². The van der Waals surface area contributed by atoms with E-state index in [0.717, 1.165) is 31.6 Å². The van der Waals surface area contributed by atoms with Crippen molar-refractivity contribution in [2.45, 2.75) is 51.1 Å². The molecule has 0 aromatic heterocycles. The molecule has 0 bridgehead atoms. The summed E-state index contributed by atoms with van der Waals surface area (Å²) in [7, 11) is 0. The second kappa shape index (κ2) is 8.03. The van der Waals surface area contributed by atoms with Gasteiger partial charge in [0.25, 0.3) is 0 Å². The first kappa shape index (κ1) is 15.8. The maximum absolute atomic E-state index is 12.3. The van der Waals surface area contributed by atoms with Crippen molar-refractivity contribution < 1.29 is 9.53 Å². The molecule has 1 saturated heterocycles. The van der Waals surface area contributed by atoms with Crippen molar-refractivity contribution in [2.24, 2.45) is 5.73 Å². The summed E-state index contributed by atoms with van der Waals surface area (Å²) in [6.07, 6.45) is 4.58. The molecular formula is C17H26N2O2. The van der Waals surface area contributed by atoms with Gasteiger partial charge < -0.3 is 15.4 Å². The molecule has 0 spiro atoms. The van der Waals surface area contributed by atoms with Crippen molar-refractivity contribution >= 4 is 5.91 Å². The van der Waals surface area contributed by atoms with Gasteiger partial charge in [0.15, 0.2) is 0 Å². The minimum absolute atomic E-state index is 0.0508. The zero-order chi connectivity index (χ0) is 15.1. The molecule has 4 nitrogen and oxygen atoms in total. The third kappa shape index (κ3) is 4.74. The van der Waals surface area contributed by atoms with E-state index in [0.29, 0.717) is 13.0 Å². The number of carbonyl (C=O) groups is 1. The van der Waals surface area contributed by atoms with Gasteiger partial charge in [0, 0.05) is 25.0 Å². The highest BCUT2D eigenvalue weighted by molar-refractivity contribution is 5.76. The SMILES string of the molecule is CC(N)C1CCCCN1C(=O)CCCOc1ccccc1. The van der Waals surface area contributed by atoms with E-state index in [9.17, 15) is 4.79 Å². The molecule has 1 fully saturated rings. The van der Waals surface area contributed by atoms with Gasteiger partial charge in [-0.25, -0.2) is 0 Å². The molecule has 1 aliphatic rings. The van der Waals surface area contributed by atoms with Crippen LogP contribution in [0.5, 0.6) is 5.75 Å². The molecule has 1 aliphatic heterocycles. The average Bonchev–Trinajstić information content (AvgIpc) is 2.52. The van der Waals surface area contributed by atoms with Crippen molar-refractivity contribution in [3.63, 3.8) is 0 Å². The first-order valence-corrected chi connectivity index (χ1v) is 7.91. The van der Waals surface area contributed by atoms with Crippen LogP contribution in [-0.2, 0) is 4.79 Å². The maximum atomic E-state index is 12.3. The van der Waals surface area contributed by atoms with Crippen LogP contribution in [0.15, 0.2) is 30.3 Å². The topological polar surface area (TPSA) is 55.6 Å². The number of piperidine rings is 1. The fourth-order valence-electron chi connectivity index (χ4n) is 2.89. The highest BCUT2D eigenvalue weighted by atomic mass is 16.5. The monoisotopic (exact) mass is 290 g/mol. The number of benzene rings is 1. The Morgan fingerprint density at radius 1 is 1.38 bits per heavy atom. The minimum atomic E-state index is 0.0508. The number of rotatable bonds is 6. The number of nitrogens with zero attached hydrogens (tertiary/aromatic N) is 1. The third-order valence-electron chi connectivity index (χ3n) is 4.02. The summed E-state index contributed by atoms with van der Waals surface area (Å²) in [6.45, 7) is 3.42. The van der Waals surface area contributed by atoms with Crippen LogP contribution in [-0.4, -0.2) is 36.0 Å². The van der Waals surface area contributed by atoms with Gasteiger partial charge in [-0.2, -0.15) is 0 Å². The summed E-state index contributed by atoms with van der Waals surface area (Å²) in [4.78, 5) is 14.3. The Labute approximate surface area is 127 Å². The standard InChI is InChI=1S/C17H26N2O2/c1-14(18)16-10-5-6-12-19(16)17(20)11-7-13-21-15-8-3-2-4-9-15/h2-4,8-9,14,16H,5-7,10-13,18H2,1H3. The van der Waals surface area contributed by atoms with Crippen LogP contribution >= 0.6 is 0 Å². The normalized spacial score (nSPS) is 20.1. The molecule has 116 valence electrons. The highest BCUT2D eigenvalue weighted by Gasteiger charge is 2.28. The maximum Gasteiger partial charge on any atom is 0.222 e. The van der Waals surface area contributed by atoms with E-state index in [1.54, 1.807) is 0 Å². The number of hydrogen-bond acceptors (Lipinski definition) is 3. The van der Waals surface area contributed by atoms with E-state index in [1.165, 1.54) is 6.42 Å². The molecule has 0 radical (unpaired) electrons. The van der Waals surface area contributed by atoms with Crippen molar-refractivity contribution in [2.75, 3.05) is 13.2 Å². The number of hydrogen-bond donors (Lipinski definition) is 1. The Morgan fingerprint density at radius 2 is 2.14 bits per heavy atom. The number of para-hydroxylation sites is 1. The van der Waals surface area contributed by atoms with Crippen LogP contribution in [0.3, 0.4) is 0 Å². The quantitative estimate of drug-likeness (QED) is 0.819. The molecule has 0 aliphatic carbocycles. The molecule has 1 aromatic carbocycles. The molecule has 1 heterocycles. The number of amides is 1. The van der Waals surface area contributed by atoms with Gasteiger partial charge in [-0.15, -0.1) is 0 Å². The van der Waals surface area contributed by atoms with E-state index < -0.39 is 0 Å². The number of nitrogens with two attached hydrogens (primary N) is 1. The summed E-state index contributed by atoms with van der Waals surface area (Å²) in [6, 6.07) is 9.97. The van der Waals surface area contributed by atoms with Gasteiger partial charge in [0.2, 0.25) is 5.91 Å². The van der Waals surface area contributed by atoms with Gasteiger partial charge in [-0.1, -0.05) is 18.2 Å². The number of ether oxygens (including phenoxy) is 1. The van der Waals surface area contributed by atoms with Crippen molar-refractivity contribution in [1.82, 2.24) is 4.90 Å². The molecule has 21 heavy (non-hydrogen) atoms. The van der Waals surface area contributed by atoms with Gasteiger partial charge in [-0.3, -0.25) is 4.79 Å². The lowest BCUT2D eigenvalue weighted by molar-refractivity contribution is -0.135. The Balaban J connectivity index is 1.73. The predicted octanol–water partition coefficient (Wildman–Crippen LogP) is 2.57. The Kier molecular flexibility index (Phi) is 6.05. The molecule has 2 atom stereocenters. The number of carbonyl (C=O) groups excluding carboxylic acids is 1. The van der Waals surface area contributed by atoms with Gasteiger partial charge in [0.1, 0.15) is 5.75 Å². The second-order valence-corrected chi connectivity index (χ2v) is 5.77. The van der Waals surface area contributed by atoms with Gasteiger partial charge >= 0.3 is 0 Å². The lowest BCUT2D eigenvalue weighted by Gasteiger charge is -2.38. The summed E-state index contributed by atoms with van der Waals surface area (Å²) >= 11 is 0. The summed E-state index contributed by atoms with van der Waals surface area (Å²) in [5.74, 6) is 1.07. The zero-order valence-electron chi connectivity index (χ0n) is 12.8. The molecule has 1 amide bonds. The molecule has 1 aromatic rings. The summed E-state index contributed by atoms with van der Waals surface area (Å²) in [5, 5.41) is 0.